The topological polar surface area (TPSA) is 95.9 Å². The fourth-order valence-electron chi connectivity index (χ4n) is 4.34. The van der Waals surface area contributed by atoms with E-state index in [0.29, 0.717) is 6.54 Å². The van der Waals surface area contributed by atoms with E-state index in [2.05, 4.69) is 29.6 Å². The molecule has 0 aromatic heterocycles. The van der Waals surface area contributed by atoms with Gasteiger partial charge in [-0.15, -0.1) is 0 Å². The average molecular weight is 467 g/mol. The maximum atomic E-state index is 13.2. The number of amides is 2. The third-order valence-electron chi connectivity index (χ3n) is 7.12. The maximum absolute atomic E-state index is 13.2. The summed E-state index contributed by atoms with van der Waals surface area (Å²) in [6, 6.07) is 16.3. The highest BCUT2D eigenvalue weighted by atomic mass is 16.5. The number of hydrogen-bond donors (Lipinski definition) is 2. The summed E-state index contributed by atoms with van der Waals surface area (Å²) < 4.78 is 5.66. The highest BCUT2D eigenvalue weighted by molar-refractivity contribution is 5.85. The first-order valence-corrected chi connectivity index (χ1v) is 11.6. The van der Waals surface area contributed by atoms with Gasteiger partial charge in [0.05, 0.1) is 17.4 Å². The SMILES string of the molecule is CCN(CCC(=O)O)C(=O)C(C)(C)C(C)(C)NC(=O)OCC1c2ccccc2-c2ccccc21. The zero-order chi connectivity index (χ0) is 25.1. The smallest absolute Gasteiger partial charge is 0.407 e. The lowest BCUT2D eigenvalue weighted by Crippen LogP contribution is -2.60. The van der Waals surface area contributed by atoms with Crippen molar-refractivity contribution < 1.29 is 24.2 Å². The first kappa shape index (κ1) is 25.3. The highest BCUT2D eigenvalue weighted by Gasteiger charge is 2.46. The van der Waals surface area contributed by atoms with E-state index in [4.69, 9.17) is 9.84 Å². The minimum Gasteiger partial charge on any atom is -0.481 e. The van der Waals surface area contributed by atoms with Crippen molar-refractivity contribution in [3.63, 3.8) is 0 Å². The van der Waals surface area contributed by atoms with Crippen molar-refractivity contribution in [3.8, 4) is 11.1 Å². The van der Waals surface area contributed by atoms with Crippen LogP contribution in [-0.2, 0) is 14.3 Å². The minimum absolute atomic E-state index is 0.0532. The van der Waals surface area contributed by atoms with Gasteiger partial charge in [0, 0.05) is 19.0 Å². The summed E-state index contributed by atoms with van der Waals surface area (Å²) >= 11 is 0. The first-order valence-electron chi connectivity index (χ1n) is 11.6. The number of ether oxygens (including phenoxy) is 1. The molecule has 182 valence electrons. The molecule has 7 heteroatoms. The number of carboxylic acid groups (broad SMARTS) is 1. The molecule has 34 heavy (non-hydrogen) atoms. The van der Waals surface area contributed by atoms with Crippen molar-refractivity contribution in [1.82, 2.24) is 10.2 Å². The zero-order valence-electron chi connectivity index (χ0n) is 20.6. The van der Waals surface area contributed by atoms with E-state index < -0.39 is 23.0 Å². The van der Waals surface area contributed by atoms with Crippen molar-refractivity contribution in [1.29, 1.82) is 0 Å². The number of rotatable bonds is 9. The summed E-state index contributed by atoms with van der Waals surface area (Å²) in [6.45, 7) is 9.55. The average Bonchev–Trinajstić information content (AvgIpc) is 3.11. The third kappa shape index (κ3) is 4.93. The van der Waals surface area contributed by atoms with E-state index in [1.165, 1.54) is 4.90 Å². The Balaban J connectivity index is 1.68. The van der Waals surface area contributed by atoms with E-state index in [0.717, 1.165) is 22.3 Å². The molecule has 2 aromatic rings. The Morgan fingerprint density at radius 2 is 1.50 bits per heavy atom. The molecule has 0 atom stereocenters. The number of hydrogen-bond acceptors (Lipinski definition) is 4. The molecule has 0 bridgehead atoms. The molecule has 1 aliphatic carbocycles. The Labute approximate surface area is 201 Å². The van der Waals surface area contributed by atoms with Crippen LogP contribution in [0.25, 0.3) is 11.1 Å². The van der Waals surface area contributed by atoms with Crippen molar-refractivity contribution >= 4 is 18.0 Å². The summed E-state index contributed by atoms with van der Waals surface area (Å²) in [5, 5.41) is 11.8. The van der Waals surface area contributed by atoms with Gasteiger partial charge in [0.1, 0.15) is 6.61 Å². The second-order valence-corrected chi connectivity index (χ2v) is 9.73. The van der Waals surface area contributed by atoms with E-state index >= 15 is 0 Å². The lowest BCUT2D eigenvalue weighted by Gasteiger charge is -2.43. The van der Waals surface area contributed by atoms with Crippen LogP contribution < -0.4 is 5.32 Å². The fourth-order valence-corrected chi connectivity index (χ4v) is 4.34. The second kappa shape index (κ2) is 9.87. The third-order valence-corrected chi connectivity index (χ3v) is 7.12. The summed E-state index contributed by atoms with van der Waals surface area (Å²) in [7, 11) is 0. The standard InChI is InChI=1S/C27H34N2O5/c1-6-29(16-15-23(30)31)24(32)26(2,3)27(4,5)28-25(33)34-17-22-20-13-9-7-11-18(20)19-12-8-10-14-21(19)22/h7-14,22H,6,15-17H2,1-5H3,(H,28,33)(H,30,31). The molecule has 2 aromatic carbocycles. The van der Waals surface area contributed by atoms with Crippen LogP contribution in [0.1, 0.15) is 58.1 Å². The van der Waals surface area contributed by atoms with Crippen LogP contribution >= 0.6 is 0 Å². The lowest BCUT2D eigenvalue weighted by atomic mass is 9.73. The number of fused-ring (bicyclic) bond motifs is 3. The maximum Gasteiger partial charge on any atom is 0.407 e. The van der Waals surface area contributed by atoms with Crippen LogP contribution in [-0.4, -0.2) is 53.2 Å². The van der Waals surface area contributed by atoms with Gasteiger partial charge in [0.2, 0.25) is 5.91 Å². The fraction of sp³-hybridized carbons (Fsp3) is 0.444. The van der Waals surface area contributed by atoms with Gasteiger partial charge in [-0.3, -0.25) is 9.59 Å². The minimum atomic E-state index is -0.993. The Hall–Kier alpha value is -3.35. The molecule has 0 radical (unpaired) electrons. The molecular weight excluding hydrogens is 432 g/mol. The molecule has 2 amide bonds. The number of nitrogens with one attached hydrogen (secondary N) is 1. The van der Waals surface area contributed by atoms with E-state index in [1.807, 2.05) is 31.2 Å². The molecule has 0 aliphatic heterocycles. The lowest BCUT2D eigenvalue weighted by molar-refractivity contribution is -0.145. The van der Waals surface area contributed by atoms with Crippen LogP contribution in [0.2, 0.25) is 0 Å². The zero-order valence-corrected chi connectivity index (χ0v) is 20.6. The Morgan fingerprint density at radius 1 is 0.971 bits per heavy atom. The molecule has 0 saturated heterocycles. The predicted molar refractivity (Wildman–Crippen MR) is 131 cm³/mol. The molecule has 0 saturated carbocycles. The van der Waals surface area contributed by atoms with Crippen LogP contribution in [0.15, 0.2) is 48.5 Å². The molecule has 2 N–H and O–H groups in total. The monoisotopic (exact) mass is 466 g/mol. The van der Waals surface area contributed by atoms with Crippen molar-refractivity contribution in [3.05, 3.63) is 59.7 Å². The van der Waals surface area contributed by atoms with E-state index in [1.54, 1.807) is 27.7 Å². The Kier molecular flexibility index (Phi) is 7.34. The van der Waals surface area contributed by atoms with Gasteiger partial charge in [0.15, 0.2) is 0 Å². The van der Waals surface area contributed by atoms with E-state index in [9.17, 15) is 14.4 Å². The van der Waals surface area contributed by atoms with Gasteiger partial charge in [-0.1, -0.05) is 48.5 Å². The first-order chi connectivity index (χ1) is 16.0. The number of alkyl carbamates (subject to hydrolysis) is 1. The number of carbonyl (C=O) groups is 3. The molecule has 0 fully saturated rings. The van der Waals surface area contributed by atoms with Crippen molar-refractivity contribution in [2.75, 3.05) is 19.7 Å². The van der Waals surface area contributed by atoms with Gasteiger partial charge in [-0.05, 0) is 56.9 Å². The van der Waals surface area contributed by atoms with Crippen LogP contribution in [0.3, 0.4) is 0 Å². The molecule has 3 rings (SSSR count). The van der Waals surface area contributed by atoms with E-state index in [-0.39, 0.29) is 31.4 Å². The molecule has 0 unspecified atom stereocenters. The second-order valence-electron chi connectivity index (χ2n) is 9.73. The number of aliphatic carboxylic acids is 1. The summed E-state index contributed by atoms with van der Waals surface area (Å²) in [5.74, 6) is -1.23. The number of carboxylic acids is 1. The van der Waals surface area contributed by atoms with Gasteiger partial charge >= 0.3 is 12.1 Å². The summed E-state index contributed by atoms with van der Waals surface area (Å²) in [4.78, 5) is 38.5. The van der Waals surface area contributed by atoms with Crippen molar-refractivity contribution in [2.45, 2.75) is 52.5 Å². The molecular formula is C27H34N2O5. The van der Waals surface area contributed by atoms with Crippen LogP contribution in [0, 0.1) is 5.41 Å². The van der Waals surface area contributed by atoms with Crippen molar-refractivity contribution in [2.24, 2.45) is 5.41 Å². The number of nitrogens with zero attached hydrogens (tertiary/aromatic N) is 1. The van der Waals surface area contributed by atoms with Gasteiger partial charge < -0.3 is 20.1 Å². The number of carbonyl (C=O) groups excluding carboxylic acids is 2. The Bertz CT molecular complexity index is 1030. The molecule has 0 heterocycles. The summed E-state index contributed by atoms with van der Waals surface area (Å²) in [6.07, 6.45) is -0.725. The highest BCUT2D eigenvalue weighted by Crippen LogP contribution is 2.44. The number of benzene rings is 2. The van der Waals surface area contributed by atoms with Gasteiger partial charge in [-0.25, -0.2) is 4.79 Å². The molecule has 7 nitrogen and oxygen atoms in total. The largest absolute Gasteiger partial charge is 0.481 e. The van der Waals surface area contributed by atoms with Crippen LogP contribution in [0.5, 0.6) is 0 Å². The summed E-state index contributed by atoms with van der Waals surface area (Å²) in [5.41, 5.74) is 2.63. The molecule has 0 spiro atoms. The van der Waals surface area contributed by atoms with Gasteiger partial charge in [0.25, 0.3) is 0 Å². The predicted octanol–water partition coefficient (Wildman–Crippen LogP) is 4.65. The normalized spacial score (nSPS) is 13.1. The van der Waals surface area contributed by atoms with Gasteiger partial charge in [-0.2, -0.15) is 0 Å². The Morgan fingerprint density at radius 3 is 2.00 bits per heavy atom. The molecule has 1 aliphatic rings. The quantitative estimate of drug-likeness (QED) is 0.561. The van der Waals surface area contributed by atoms with Crippen LogP contribution in [0.4, 0.5) is 4.79 Å².